The molecule has 11 heteroatoms. The summed E-state index contributed by atoms with van der Waals surface area (Å²) in [6.45, 7) is 0. The van der Waals surface area contributed by atoms with Crippen LogP contribution in [0, 0.1) is 0 Å². The van der Waals surface area contributed by atoms with Crippen LogP contribution in [0.5, 0.6) is 0 Å². The Labute approximate surface area is 132 Å². The Bertz CT molecular complexity index is 851. The third kappa shape index (κ3) is 2.66. The zero-order valence-electron chi connectivity index (χ0n) is 9.83. The molecule has 0 aliphatic rings. The van der Waals surface area contributed by atoms with Crippen molar-refractivity contribution in [3.8, 4) is 10.6 Å². The molecule has 1 unspecified atom stereocenters. The quantitative estimate of drug-likeness (QED) is 0.522. The number of rotatable bonds is 3. The van der Waals surface area contributed by atoms with E-state index < -0.39 is 16.4 Å². The van der Waals surface area contributed by atoms with Crippen molar-refractivity contribution < 1.29 is 13.0 Å². The molecule has 5 nitrogen and oxygen atoms in total. The van der Waals surface area contributed by atoms with E-state index in [0.29, 0.717) is 11.1 Å². The van der Waals surface area contributed by atoms with Crippen molar-refractivity contribution in [2.75, 3.05) is 0 Å². The van der Waals surface area contributed by atoms with Crippen molar-refractivity contribution in [2.45, 2.75) is 11.3 Å². The monoisotopic (exact) mass is 368 g/mol. The molecule has 3 aromatic heterocycles. The highest BCUT2D eigenvalue weighted by atomic mass is 35.7. The molecule has 21 heavy (non-hydrogen) atoms. The summed E-state index contributed by atoms with van der Waals surface area (Å²) in [5.41, 5.74) is 0.925. The van der Waals surface area contributed by atoms with Gasteiger partial charge in [0.2, 0.25) is 0 Å². The maximum absolute atomic E-state index is 12.6. The lowest BCUT2D eigenvalue weighted by molar-refractivity contribution is 0.150. The summed E-state index contributed by atoms with van der Waals surface area (Å²) in [6, 6.07) is 2.93. The van der Waals surface area contributed by atoms with E-state index >= 15 is 0 Å². The fourth-order valence-corrected chi connectivity index (χ4v) is 3.42. The molecule has 0 spiro atoms. The molecule has 0 saturated heterocycles. The highest BCUT2D eigenvalue weighted by Crippen LogP contribution is 2.33. The highest BCUT2D eigenvalue weighted by Gasteiger charge is 2.19. The number of alkyl halides is 2. The molecule has 0 fully saturated rings. The molecule has 1 atom stereocenters. The van der Waals surface area contributed by atoms with E-state index in [1.54, 1.807) is 0 Å². The molecule has 0 aromatic carbocycles. The van der Waals surface area contributed by atoms with Gasteiger partial charge in [-0.1, -0.05) is 22.9 Å². The van der Waals surface area contributed by atoms with Gasteiger partial charge in [-0.15, -0.1) is 10.2 Å². The van der Waals surface area contributed by atoms with Gasteiger partial charge in [0.1, 0.15) is 15.2 Å². The molecule has 0 saturated carbocycles. The number of nitrogens with zero attached hydrogens (tertiary/aromatic N) is 4. The largest absolute Gasteiger partial charge is 0.291 e. The number of aromatic nitrogens is 4. The van der Waals surface area contributed by atoms with Gasteiger partial charge in [-0.3, -0.25) is 0 Å². The summed E-state index contributed by atoms with van der Waals surface area (Å²) < 4.78 is 37.9. The van der Waals surface area contributed by atoms with Crippen molar-refractivity contribution in [1.82, 2.24) is 19.8 Å². The van der Waals surface area contributed by atoms with Crippen molar-refractivity contribution in [3.63, 3.8) is 0 Å². The van der Waals surface area contributed by atoms with Crippen LogP contribution in [0.2, 0.25) is 5.15 Å². The molecular weight excluding hydrogens is 365 g/mol. The van der Waals surface area contributed by atoms with Crippen molar-refractivity contribution >= 4 is 49.1 Å². The Morgan fingerprint density at radius 2 is 2.10 bits per heavy atom. The predicted octanol–water partition coefficient (Wildman–Crippen LogP) is 3.71. The Morgan fingerprint density at radius 1 is 1.33 bits per heavy atom. The van der Waals surface area contributed by atoms with Crippen LogP contribution in [0.4, 0.5) is 8.78 Å². The van der Waals surface area contributed by atoms with E-state index in [9.17, 15) is 13.0 Å². The van der Waals surface area contributed by atoms with Crippen LogP contribution in [0.1, 0.15) is 11.4 Å². The van der Waals surface area contributed by atoms with Gasteiger partial charge < -0.3 is 0 Å². The molecule has 3 heterocycles. The zero-order valence-corrected chi connectivity index (χ0v) is 13.0. The molecule has 0 N–H and O–H groups in total. The summed E-state index contributed by atoms with van der Waals surface area (Å²) in [5.74, 6) is 0. The van der Waals surface area contributed by atoms with Gasteiger partial charge in [-0.05, 0) is 22.8 Å². The van der Waals surface area contributed by atoms with Crippen LogP contribution >= 0.6 is 33.6 Å². The third-order valence-electron chi connectivity index (χ3n) is 2.59. The van der Waals surface area contributed by atoms with Gasteiger partial charge >= 0.3 is 0 Å². The van der Waals surface area contributed by atoms with Crippen LogP contribution in [0.15, 0.2) is 23.2 Å². The van der Waals surface area contributed by atoms with E-state index in [4.69, 9.17) is 22.3 Å². The smallest absolute Gasteiger partial charge is 0.237 e. The Kier molecular flexibility index (Phi) is 3.91. The lowest BCUT2D eigenvalue weighted by Gasteiger charge is -2.01. The normalized spacial score (nSPS) is 13.2. The molecular formula is C10H4Cl2F2N4OS2. The first-order valence-electron chi connectivity index (χ1n) is 5.34. The fraction of sp³-hybridized carbons (Fsp3) is 0.100. The predicted molar refractivity (Wildman–Crippen MR) is 76.3 cm³/mol. The van der Waals surface area contributed by atoms with E-state index in [1.807, 2.05) is 0 Å². The standard InChI is InChI=1S/C10H4Cl2F2N4OS2/c11-7-2-4(21(12)19)1-6-5(3-15-18(6)7)9-16-17-10(20-9)8(13)14/h1-3,8H. The SMILES string of the molecule is O=S(Cl)c1cc(Cl)n2ncc(-c3nnc(C(F)F)s3)c2c1. The van der Waals surface area contributed by atoms with Crippen LogP contribution in [0.25, 0.3) is 16.1 Å². The van der Waals surface area contributed by atoms with E-state index in [2.05, 4.69) is 15.3 Å². The highest BCUT2D eigenvalue weighted by molar-refractivity contribution is 8.08. The maximum atomic E-state index is 12.6. The second kappa shape index (κ2) is 5.56. The summed E-state index contributed by atoms with van der Waals surface area (Å²) in [5, 5.41) is 11.3. The molecule has 0 bridgehead atoms. The van der Waals surface area contributed by atoms with Crippen molar-refractivity contribution in [1.29, 1.82) is 0 Å². The first kappa shape index (κ1) is 14.8. The van der Waals surface area contributed by atoms with E-state index in [1.165, 1.54) is 22.8 Å². The Balaban J connectivity index is 2.20. The van der Waals surface area contributed by atoms with E-state index in [-0.39, 0.29) is 20.1 Å². The maximum Gasteiger partial charge on any atom is 0.291 e. The number of fused-ring (bicyclic) bond motifs is 1. The summed E-state index contributed by atoms with van der Waals surface area (Å²) in [6.07, 6.45) is -1.26. The number of hydrogen-bond acceptors (Lipinski definition) is 5. The van der Waals surface area contributed by atoms with Gasteiger partial charge in [-0.25, -0.2) is 17.5 Å². The first-order valence-corrected chi connectivity index (χ1v) is 8.51. The van der Waals surface area contributed by atoms with Gasteiger partial charge in [0.05, 0.1) is 22.2 Å². The number of halogens is 4. The lowest BCUT2D eigenvalue weighted by Crippen LogP contribution is -1.92. The molecule has 0 aliphatic heterocycles. The average Bonchev–Trinajstić information content (AvgIpc) is 3.04. The molecule has 110 valence electrons. The molecule has 3 rings (SSSR count). The minimum absolute atomic E-state index is 0.196. The Hall–Kier alpha value is -1.16. The fourth-order valence-electron chi connectivity index (χ4n) is 1.71. The summed E-state index contributed by atoms with van der Waals surface area (Å²) in [4.78, 5) is 0.287. The molecule has 3 aromatic rings. The van der Waals surface area contributed by atoms with E-state index in [0.717, 1.165) is 11.3 Å². The second-order valence-electron chi connectivity index (χ2n) is 3.84. The van der Waals surface area contributed by atoms with Crippen LogP contribution in [0.3, 0.4) is 0 Å². The molecule has 0 aliphatic carbocycles. The third-order valence-corrected chi connectivity index (χ3v) is 4.97. The van der Waals surface area contributed by atoms with Crippen LogP contribution in [-0.2, 0) is 10.0 Å². The van der Waals surface area contributed by atoms with Crippen molar-refractivity contribution in [3.05, 3.63) is 28.5 Å². The number of hydrogen-bond donors (Lipinski definition) is 0. The van der Waals surface area contributed by atoms with Gasteiger partial charge in [0.15, 0.2) is 10.0 Å². The number of pyridine rings is 1. The van der Waals surface area contributed by atoms with Crippen molar-refractivity contribution in [2.24, 2.45) is 0 Å². The zero-order chi connectivity index (χ0) is 15.1. The topological polar surface area (TPSA) is 60.2 Å². The second-order valence-corrected chi connectivity index (χ2v) is 6.99. The minimum Gasteiger partial charge on any atom is -0.237 e. The first-order chi connectivity index (χ1) is 9.97. The van der Waals surface area contributed by atoms with Crippen LogP contribution < -0.4 is 0 Å². The van der Waals surface area contributed by atoms with Gasteiger partial charge in [-0.2, -0.15) is 5.10 Å². The van der Waals surface area contributed by atoms with Gasteiger partial charge in [0, 0.05) is 0 Å². The lowest BCUT2D eigenvalue weighted by atomic mass is 10.3. The Morgan fingerprint density at radius 3 is 2.71 bits per heavy atom. The molecule has 0 radical (unpaired) electrons. The van der Waals surface area contributed by atoms with Crippen LogP contribution in [-0.4, -0.2) is 24.0 Å². The summed E-state index contributed by atoms with van der Waals surface area (Å²) >= 11 is 6.77. The van der Waals surface area contributed by atoms with Gasteiger partial charge in [0.25, 0.3) is 6.43 Å². The molecule has 0 amide bonds. The summed E-state index contributed by atoms with van der Waals surface area (Å²) in [7, 11) is 3.79. The average molecular weight is 369 g/mol. The minimum atomic E-state index is -2.69.